The summed E-state index contributed by atoms with van der Waals surface area (Å²) >= 11 is 0. The fourth-order valence-corrected chi connectivity index (χ4v) is 9.51. The first-order chi connectivity index (χ1) is 30.1. The summed E-state index contributed by atoms with van der Waals surface area (Å²) < 4.78 is 54.7. The van der Waals surface area contributed by atoms with Crippen molar-refractivity contribution in [2.24, 2.45) is 23.7 Å². The fourth-order valence-electron chi connectivity index (χ4n) is 9.51. The number of likely N-dealkylation sites (N-methyl/N-ethyl adjacent to an activating group) is 1. The maximum absolute atomic E-state index is 13.8. The molecular formula is C46H77NO17. The Kier molecular flexibility index (Phi) is 20.5. The van der Waals surface area contributed by atoms with Crippen LogP contribution in [0.25, 0.3) is 0 Å². The number of hydrogen-bond acceptors (Lipinski definition) is 18. The van der Waals surface area contributed by atoms with Crippen molar-refractivity contribution < 1.29 is 82.5 Å². The van der Waals surface area contributed by atoms with E-state index in [-0.39, 0.29) is 31.7 Å². The predicted octanol–water partition coefficient (Wildman–Crippen LogP) is 1.83. The van der Waals surface area contributed by atoms with Crippen LogP contribution >= 0.6 is 0 Å². The van der Waals surface area contributed by atoms with Gasteiger partial charge in [0, 0.05) is 44.8 Å². The van der Waals surface area contributed by atoms with Gasteiger partial charge in [-0.25, -0.2) is 0 Å². The number of rotatable bonds is 13. The minimum absolute atomic E-state index is 0.00788. The average Bonchev–Trinajstić information content (AvgIpc) is 3.23. The predicted molar refractivity (Wildman–Crippen MR) is 230 cm³/mol. The average molecular weight is 916 g/mol. The number of nitrogens with zero attached hydrogens (tertiary/aromatic N) is 1. The van der Waals surface area contributed by atoms with Crippen LogP contribution in [0.3, 0.4) is 0 Å². The molecule has 0 aromatic heterocycles. The molecule has 3 saturated heterocycles. The van der Waals surface area contributed by atoms with Crippen LogP contribution in [0.2, 0.25) is 0 Å². The smallest absolute Gasteiger partial charge is 0.308 e. The lowest BCUT2D eigenvalue weighted by Gasteiger charge is -2.50. The van der Waals surface area contributed by atoms with Gasteiger partial charge in [0.1, 0.15) is 49.0 Å². The van der Waals surface area contributed by atoms with Crippen LogP contribution < -0.4 is 0 Å². The first kappa shape index (κ1) is 54.3. The third kappa shape index (κ3) is 13.5. The van der Waals surface area contributed by atoms with Crippen molar-refractivity contribution in [3.05, 3.63) is 23.8 Å². The number of ether oxygens (including phenoxy) is 9. The standard InChI is InChI=1S/C46H77NO17/c1-13-33-30(22-58-45-42(57-12)41(56-11)37(52)26(5)60-45)18-23(2)14-15-31(49)24(3)19-29(16-17-48)39(25(4)32(50)20-34(51)62-33)64-44-38(53)36(47(9)10)40(27(6)61-44)63-35-21-46(8,55)43(54)28(7)59-35/h14-15,17-18,24-30,32-33,35-45,50,52-55H,13,16,19-22H2,1-12H3/b15-14+,23-18-/t24-,25+,26-,27-,28+,29+,30-,32-,33?,35+,36-,37-,38-,39?,40-,41-,42-,43+,44+,45-,46?/m1/s1. The van der Waals surface area contributed by atoms with E-state index in [9.17, 15) is 39.9 Å². The Hall–Kier alpha value is -2.27. The van der Waals surface area contributed by atoms with E-state index in [1.807, 2.05) is 19.9 Å². The Labute approximate surface area is 378 Å². The molecule has 3 unspecified atom stereocenters. The normalized spacial score (nSPS) is 45.9. The van der Waals surface area contributed by atoms with Crippen molar-refractivity contribution in [2.45, 2.75) is 191 Å². The summed E-state index contributed by atoms with van der Waals surface area (Å²) in [6.45, 7) is 13.6. The largest absolute Gasteiger partial charge is 0.462 e. The van der Waals surface area contributed by atoms with Crippen LogP contribution in [0.15, 0.2) is 23.8 Å². The van der Waals surface area contributed by atoms with Crippen molar-refractivity contribution >= 4 is 18.0 Å². The second-order valence-corrected chi connectivity index (χ2v) is 18.7. The lowest BCUT2D eigenvalue weighted by atomic mass is 9.79. The second-order valence-electron chi connectivity index (χ2n) is 18.7. The van der Waals surface area contributed by atoms with Gasteiger partial charge >= 0.3 is 5.97 Å². The number of aldehydes is 1. The number of allylic oxidation sites excluding steroid dienone is 3. The second kappa shape index (κ2) is 24.1. The number of carbonyl (C=O) groups is 3. The molecule has 18 heteroatoms. The number of ketones is 1. The van der Waals surface area contributed by atoms with E-state index in [4.69, 9.17) is 42.6 Å². The van der Waals surface area contributed by atoms with Gasteiger partial charge in [-0.3, -0.25) is 9.59 Å². The number of esters is 1. The summed E-state index contributed by atoms with van der Waals surface area (Å²) in [5.74, 6) is -3.59. The molecule has 3 fully saturated rings. The van der Waals surface area contributed by atoms with E-state index < -0.39 is 140 Å². The molecule has 4 aliphatic rings. The third-order valence-corrected chi connectivity index (χ3v) is 13.4. The molecule has 0 radical (unpaired) electrons. The number of methoxy groups -OCH3 is 2. The zero-order chi connectivity index (χ0) is 47.8. The molecule has 0 aromatic carbocycles. The minimum Gasteiger partial charge on any atom is -0.462 e. The van der Waals surface area contributed by atoms with E-state index in [0.29, 0.717) is 12.0 Å². The molecule has 4 heterocycles. The Morgan fingerprint density at radius 2 is 1.52 bits per heavy atom. The maximum atomic E-state index is 13.8. The Balaban J connectivity index is 1.62. The molecule has 18 nitrogen and oxygen atoms in total. The summed E-state index contributed by atoms with van der Waals surface area (Å²) in [4.78, 5) is 41.5. The molecule has 0 aromatic rings. The summed E-state index contributed by atoms with van der Waals surface area (Å²) in [6, 6.07) is -0.748. The highest BCUT2D eigenvalue weighted by atomic mass is 16.7. The monoisotopic (exact) mass is 916 g/mol. The summed E-state index contributed by atoms with van der Waals surface area (Å²) in [7, 11) is 6.43. The topological polar surface area (TPSA) is 239 Å². The van der Waals surface area contributed by atoms with E-state index in [2.05, 4.69) is 0 Å². The number of aliphatic hydroxyl groups is 5. The Morgan fingerprint density at radius 1 is 0.859 bits per heavy atom. The summed E-state index contributed by atoms with van der Waals surface area (Å²) in [5, 5.41) is 55.8. The Bertz CT molecular complexity index is 1560. The number of hydrogen-bond donors (Lipinski definition) is 5. The van der Waals surface area contributed by atoms with Gasteiger partial charge in [-0.2, -0.15) is 0 Å². The number of aliphatic hydroxyl groups excluding tert-OH is 4. The molecule has 64 heavy (non-hydrogen) atoms. The first-order valence-corrected chi connectivity index (χ1v) is 22.7. The zero-order valence-electron chi connectivity index (χ0n) is 39.7. The molecule has 0 bridgehead atoms. The summed E-state index contributed by atoms with van der Waals surface area (Å²) in [5.41, 5.74) is -0.806. The van der Waals surface area contributed by atoms with Gasteiger partial charge in [0.15, 0.2) is 24.7 Å². The van der Waals surface area contributed by atoms with Gasteiger partial charge in [0.25, 0.3) is 0 Å². The molecule has 0 amide bonds. The first-order valence-electron chi connectivity index (χ1n) is 22.7. The highest BCUT2D eigenvalue weighted by Crippen LogP contribution is 2.37. The van der Waals surface area contributed by atoms with E-state index in [1.54, 1.807) is 59.7 Å². The van der Waals surface area contributed by atoms with Crippen LogP contribution in [0.1, 0.15) is 87.5 Å². The molecule has 4 aliphatic heterocycles. The molecular weight excluding hydrogens is 838 g/mol. The molecule has 21 atom stereocenters. The molecule has 4 rings (SSSR count). The van der Waals surface area contributed by atoms with Crippen molar-refractivity contribution in [3.8, 4) is 0 Å². The van der Waals surface area contributed by atoms with E-state index >= 15 is 0 Å². The lowest BCUT2D eigenvalue weighted by molar-refractivity contribution is -0.341. The summed E-state index contributed by atoms with van der Waals surface area (Å²) in [6.07, 6.45) is -8.49. The highest BCUT2D eigenvalue weighted by Gasteiger charge is 2.52. The van der Waals surface area contributed by atoms with Gasteiger partial charge in [0.05, 0.1) is 55.2 Å². The Morgan fingerprint density at radius 3 is 2.11 bits per heavy atom. The maximum Gasteiger partial charge on any atom is 0.308 e. The van der Waals surface area contributed by atoms with E-state index in [0.717, 1.165) is 6.29 Å². The third-order valence-electron chi connectivity index (χ3n) is 13.4. The fraction of sp³-hybridized carbons (Fsp3) is 0.848. The van der Waals surface area contributed by atoms with Crippen LogP contribution in [-0.4, -0.2) is 187 Å². The number of cyclic esters (lactones) is 1. The molecule has 0 spiro atoms. The van der Waals surface area contributed by atoms with Crippen molar-refractivity contribution in [3.63, 3.8) is 0 Å². The van der Waals surface area contributed by atoms with Crippen LogP contribution in [0, 0.1) is 23.7 Å². The van der Waals surface area contributed by atoms with Gasteiger partial charge < -0.3 is 77.9 Å². The van der Waals surface area contributed by atoms with Gasteiger partial charge in [-0.1, -0.05) is 38.5 Å². The van der Waals surface area contributed by atoms with Gasteiger partial charge in [-0.15, -0.1) is 0 Å². The quantitative estimate of drug-likeness (QED) is 0.131. The molecule has 368 valence electrons. The minimum atomic E-state index is -1.49. The molecule has 0 aliphatic carbocycles. The van der Waals surface area contributed by atoms with Gasteiger partial charge in [0.2, 0.25) is 0 Å². The van der Waals surface area contributed by atoms with E-state index in [1.165, 1.54) is 27.2 Å². The van der Waals surface area contributed by atoms with Gasteiger partial charge in [-0.05, 0) is 73.5 Å². The van der Waals surface area contributed by atoms with Crippen LogP contribution in [-0.2, 0) is 57.0 Å². The van der Waals surface area contributed by atoms with Crippen LogP contribution in [0.5, 0.6) is 0 Å². The SMILES string of the molecule is CCC1OC(=O)C[C@@H](O)[C@H](C)C(O[C@@H]2O[C@H](C)[C@@H](O[C@H]3CC(C)(O)[C@@H](O)[C@H](C)O3)[C@H](N(C)C)[C@H]2O)[C@@H](CC=O)C[C@@H](C)C(=O)/C=C/C(C)=C\[C@@H]1CO[C@@H]1O[C@H](C)[C@@H](O)[C@@H](OC)[C@H]1OC. The number of carbonyl (C=O) groups excluding carboxylic acids is 3. The lowest BCUT2D eigenvalue weighted by Crippen LogP contribution is -2.65. The highest BCUT2D eigenvalue weighted by molar-refractivity contribution is 5.91. The van der Waals surface area contributed by atoms with Crippen molar-refractivity contribution in [1.82, 2.24) is 4.90 Å². The molecule has 5 N–H and O–H groups in total. The van der Waals surface area contributed by atoms with Crippen LogP contribution in [0.4, 0.5) is 0 Å². The van der Waals surface area contributed by atoms with Crippen molar-refractivity contribution in [1.29, 1.82) is 0 Å². The van der Waals surface area contributed by atoms with Crippen molar-refractivity contribution in [2.75, 3.05) is 34.9 Å². The zero-order valence-corrected chi connectivity index (χ0v) is 39.7. The molecule has 0 saturated carbocycles.